The van der Waals surface area contributed by atoms with Crippen LogP contribution >= 0.6 is 0 Å². The Kier molecular flexibility index (Phi) is 5.75. The lowest BCUT2D eigenvalue weighted by Gasteiger charge is -2.32. The van der Waals surface area contributed by atoms with Crippen LogP contribution in [0.15, 0.2) is 61.1 Å². The molecule has 0 unspecified atom stereocenters. The minimum absolute atomic E-state index is 0.253. The number of amides is 1. The summed E-state index contributed by atoms with van der Waals surface area (Å²) in [6.07, 6.45) is 9.05. The highest BCUT2D eigenvalue weighted by atomic mass is 16.2. The number of hydrogen-bond donors (Lipinski definition) is 0. The van der Waals surface area contributed by atoms with Gasteiger partial charge in [0.05, 0.1) is 6.20 Å². The zero-order chi connectivity index (χ0) is 19.2. The second kappa shape index (κ2) is 8.78. The maximum atomic E-state index is 12.6. The first-order valence-corrected chi connectivity index (χ1v) is 9.90. The number of rotatable bonds is 6. The summed E-state index contributed by atoms with van der Waals surface area (Å²) in [5.74, 6) is 0.668. The number of hydrogen-bond acceptors (Lipinski definition) is 4. The number of pyridine rings is 1. The van der Waals surface area contributed by atoms with E-state index < -0.39 is 0 Å². The van der Waals surface area contributed by atoms with Gasteiger partial charge in [-0.05, 0) is 42.9 Å². The van der Waals surface area contributed by atoms with Crippen LogP contribution in [0, 0.1) is 5.92 Å². The van der Waals surface area contributed by atoms with Crippen LogP contribution in [0.3, 0.4) is 0 Å². The Morgan fingerprint density at radius 1 is 1.14 bits per heavy atom. The van der Waals surface area contributed by atoms with Crippen LogP contribution in [0.25, 0.3) is 11.3 Å². The van der Waals surface area contributed by atoms with E-state index in [0.717, 1.165) is 50.2 Å². The number of benzene rings is 1. The monoisotopic (exact) mass is 375 g/mol. The molecule has 0 N–H and O–H groups in total. The fourth-order valence-electron chi connectivity index (χ4n) is 3.79. The molecule has 144 valence electrons. The highest BCUT2D eigenvalue weighted by Crippen LogP contribution is 2.21. The van der Waals surface area contributed by atoms with Crippen molar-refractivity contribution in [3.63, 3.8) is 0 Å². The summed E-state index contributed by atoms with van der Waals surface area (Å²) in [6.45, 7) is 2.45. The molecule has 0 aliphatic carbocycles. The number of nitrogens with zero attached hydrogens (tertiary/aromatic N) is 5. The lowest BCUT2D eigenvalue weighted by atomic mass is 9.97. The Balaban J connectivity index is 1.31. The number of carbonyl (C=O) groups excluding carboxylic acids is 1. The summed E-state index contributed by atoms with van der Waals surface area (Å²) in [4.78, 5) is 18.8. The van der Waals surface area contributed by atoms with Crippen LogP contribution in [0.2, 0.25) is 0 Å². The molecule has 0 bridgehead atoms. The van der Waals surface area contributed by atoms with E-state index in [1.54, 1.807) is 12.4 Å². The molecule has 6 nitrogen and oxygen atoms in total. The molecular formula is C22H25N5O. The Morgan fingerprint density at radius 3 is 2.86 bits per heavy atom. The lowest BCUT2D eigenvalue weighted by Crippen LogP contribution is -2.41. The van der Waals surface area contributed by atoms with Gasteiger partial charge < -0.3 is 4.90 Å². The van der Waals surface area contributed by atoms with Gasteiger partial charge >= 0.3 is 0 Å². The summed E-state index contributed by atoms with van der Waals surface area (Å²) in [6, 6.07) is 14.1. The van der Waals surface area contributed by atoms with Crippen molar-refractivity contribution in [2.75, 3.05) is 13.1 Å². The Morgan fingerprint density at radius 2 is 2.04 bits per heavy atom. The Bertz CT molecular complexity index is 894. The molecule has 1 aliphatic heterocycles. The fourth-order valence-corrected chi connectivity index (χ4v) is 3.79. The molecule has 1 atom stereocenters. The minimum atomic E-state index is 0.253. The molecule has 28 heavy (non-hydrogen) atoms. The van der Waals surface area contributed by atoms with Gasteiger partial charge in [-0.3, -0.25) is 14.5 Å². The third-order valence-corrected chi connectivity index (χ3v) is 5.28. The van der Waals surface area contributed by atoms with Crippen molar-refractivity contribution in [3.8, 4) is 11.3 Å². The maximum absolute atomic E-state index is 12.6. The van der Waals surface area contributed by atoms with E-state index in [0.29, 0.717) is 12.3 Å². The lowest BCUT2D eigenvalue weighted by molar-refractivity contribution is -0.133. The van der Waals surface area contributed by atoms with Gasteiger partial charge in [-0.1, -0.05) is 35.5 Å². The average molecular weight is 375 g/mol. The third-order valence-electron chi connectivity index (χ3n) is 5.28. The molecule has 1 saturated heterocycles. The second-order valence-corrected chi connectivity index (χ2v) is 7.40. The molecule has 0 spiro atoms. The molecule has 0 radical (unpaired) electrons. The van der Waals surface area contributed by atoms with Crippen molar-refractivity contribution >= 4 is 5.91 Å². The molecule has 1 aromatic carbocycles. The second-order valence-electron chi connectivity index (χ2n) is 7.40. The number of aryl methyl sites for hydroxylation is 1. The number of aromatic nitrogens is 4. The van der Waals surface area contributed by atoms with E-state index in [4.69, 9.17) is 0 Å². The van der Waals surface area contributed by atoms with Crippen LogP contribution in [-0.2, 0) is 17.8 Å². The molecule has 0 saturated carbocycles. The first-order chi connectivity index (χ1) is 13.8. The summed E-state index contributed by atoms with van der Waals surface area (Å²) >= 11 is 0. The third kappa shape index (κ3) is 4.63. The van der Waals surface area contributed by atoms with Crippen molar-refractivity contribution in [2.45, 2.75) is 32.2 Å². The topological polar surface area (TPSA) is 63.9 Å². The molecule has 4 rings (SSSR count). The van der Waals surface area contributed by atoms with Crippen molar-refractivity contribution in [2.24, 2.45) is 5.92 Å². The van der Waals surface area contributed by atoms with Crippen LogP contribution in [0.5, 0.6) is 0 Å². The van der Waals surface area contributed by atoms with Crippen molar-refractivity contribution in [1.82, 2.24) is 24.9 Å². The predicted molar refractivity (Wildman–Crippen MR) is 107 cm³/mol. The van der Waals surface area contributed by atoms with Crippen LogP contribution in [-0.4, -0.2) is 43.9 Å². The SMILES string of the molecule is O=C(CCc1ccccc1)N1CCC[C@@H](Cn2cc(-c3cccnc3)nn2)C1. The minimum Gasteiger partial charge on any atom is -0.342 e. The maximum Gasteiger partial charge on any atom is 0.222 e. The van der Waals surface area contributed by atoms with E-state index in [9.17, 15) is 4.79 Å². The highest BCUT2D eigenvalue weighted by Gasteiger charge is 2.24. The number of likely N-dealkylation sites (tertiary alicyclic amines) is 1. The van der Waals surface area contributed by atoms with E-state index in [-0.39, 0.29) is 5.91 Å². The quantitative estimate of drug-likeness (QED) is 0.664. The zero-order valence-corrected chi connectivity index (χ0v) is 15.9. The first-order valence-electron chi connectivity index (χ1n) is 9.90. The van der Waals surface area contributed by atoms with E-state index in [2.05, 4.69) is 27.4 Å². The smallest absolute Gasteiger partial charge is 0.222 e. The number of piperidine rings is 1. The molecule has 6 heteroatoms. The largest absolute Gasteiger partial charge is 0.342 e. The Hall–Kier alpha value is -3.02. The van der Waals surface area contributed by atoms with Gasteiger partial charge in [0.1, 0.15) is 5.69 Å². The van der Waals surface area contributed by atoms with Gasteiger partial charge in [0.25, 0.3) is 0 Å². The predicted octanol–water partition coefficient (Wildman–Crippen LogP) is 3.21. The van der Waals surface area contributed by atoms with Gasteiger partial charge in [-0.15, -0.1) is 5.10 Å². The van der Waals surface area contributed by atoms with Crippen LogP contribution in [0.4, 0.5) is 0 Å². The van der Waals surface area contributed by atoms with Crippen LogP contribution in [0.1, 0.15) is 24.8 Å². The van der Waals surface area contributed by atoms with Gasteiger partial charge in [-0.2, -0.15) is 0 Å². The summed E-state index contributed by atoms with van der Waals surface area (Å²) in [7, 11) is 0. The van der Waals surface area contributed by atoms with Gasteiger partial charge in [0.2, 0.25) is 5.91 Å². The summed E-state index contributed by atoms with van der Waals surface area (Å²) in [5.41, 5.74) is 3.02. The molecule has 3 heterocycles. The molecule has 3 aromatic rings. The van der Waals surface area contributed by atoms with Crippen LogP contribution < -0.4 is 0 Å². The Labute approximate surface area is 165 Å². The number of carbonyl (C=O) groups is 1. The highest BCUT2D eigenvalue weighted by molar-refractivity contribution is 5.76. The van der Waals surface area contributed by atoms with Gasteiger partial charge in [0, 0.05) is 44.0 Å². The van der Waals surface area contributed by atoms with Crippen molar-refractivity contribution < 1.29 is 4.79 Å². The standard InChI is InChI=1S/C22H25N5O/c28-22(11-10-18-6-2-1-3-7-18)26-13-5-8-19(15-26)16-27-17-21(24-25-27)20-9-4-12-23-14-20/h1-4,6-7,9,12,14,17,19H,5,8,10-11,13,15-16H2/t19-/m1/s1. The molecule has 1 aliphatic rings. The van der Waals surface area contributed by atoms with E-state index in [1.165, 1.54) is 5.56 Å². The van der Waals surface area contributed by atoms with Gasteiger partial charge in [-0.25, -0.2) is 0 Å². The summed E-state index contributed by atoms with van der Waals surface area (Å²) < 4.78 is 1.89. The van der Waals surface area contributed by atoms with E-state index >= 15 is 0 Å². The van der Waals surface area contributed by atoms with Crippen molar-refractivity contribution in [3.05, 3.63) is 66.6 Å². The zero-order valence-electron chi connectivity index (χ0n) is 15.9. The summed E-state index contributed by atoms with van der Waals surface area (Å²) in [5, 5.41) is 8.53. The van der Waals surface area contributed by atoms with Gasteiger partial charge in [0.15, 0.2) is 0 Å². The molecule has 1 amide bonds. The van der Waals surface area contributed by atoms with Crippen molar-refractivity contribution in [1.29, 1.82) is 0 Å². The molecular weight excluding hydrogens is 350 g/mol. The van der Waals surface area contributed by atoms with E-state index in [1.807, 2.05) is 46.1 Å². The average Bonchev–Trinajstić information content (AvgIpc) is 3.22. The first kappa shape index (κ1) is 18.3. The molecule has 2 aromatic heterocycles. The molecule has 1 fully saturated rings. The normalized spacial score (nSPS) is 16.9. The fraction of sp³-hybridized carbons (Fsp3) is 0.364.